The molecule has 0 fully saturated rings. The predicted octanol–water partition coefficient (Wildman–Crippen LogP) is 2.65. The van der Waals surface area contributed by atoms with Gasteiger partial charge in [0.15, 0.2) is 5.09 Å². The Bertz CT molecular complexity index is 357. The lowest BCUT2D eigenvalue weighted by atomic mass is 10.3. The fourth-order valence-electron chi connectivity index (χ4n) is 0.768. The largest absolute Gasteiger partial charge is 0.501 e. The third-order valence-electron chi connectivity index (χ3n) is 1.60. The number of aliphatic hydroxyl groups is 1. The first-order valence-electron chi connectivity index (χ1n) is 3.97. The first-order chi connectivity index (χ1) is 6.61. The third-order valence-corrected chi connectivity index (χ3v) is 2.61. The molecule has 0 radical (unpaired) electrons. The summed E-state index contributed by atoms with van der Waals surface area (Å²) in [5.41, 5.74) is -0.0427. The Balaban J connectivity index is 2.80. The summed E-state index contributed by atoms with van der Waals surface area (Å²) in [7, 11) is 0. The van der Waals surface area contributed by atoms with Crippen molar-refractivity contribution < 1.29 is 15.0 Å². The van der Waals surface area contributed by atoms with Crippen molar-refractivity contribution in [1.82, 2.24) is 0 Å². The molecule has 74 valence electrons. The zero-order valence-corrected chi connectivity index (χ0v) is 8.41. The van der Waals surface area contributed by atoms with E-state index in [0.29, 0.717) is 0 Å². The van der Waals surface area contributed by atoms with Gasteiger partial charge in [0.2, 0.25) is 0 Å². The van der Waals surface area contributed by atoms with Crippen molar-refractivity contribution in [1.29, 1.82) is 0 Å². The molecule has 1 aromatic carbocycles. The maximum absolute atomic E-state index is 10.5. The molecule has 14 heavy (non-hydrogen) atoms. The molecule has 2 N–H and O–H groups in total. The highest BCUT2D eigenvalue weighted by atomic mass is 32.2. The van der Waals surface area contributed by atoms with E-state index in [9.17, 15) is 9.90 Å². The number of hydrogen-bond donors (Lipinski definition) is 2. The number of carboxylic acids is 1. The average molecular weight is 210 g/mol. The van der Waals surface area contributed by atoms with Crippen LogP contribution in [0.5, 0.6) is 0 Å². The number of carboxylic acid groups (broad SMARTS) is 1. The summed E-state index contributed by atoms with van der Waals surface area (Å²) in [5.74, 6) is -1.11. The van der Waals surface area contributed by atoms with Crippen LogP contribution < -0.4 is 0 Å². The van der Waals surface area contributed by atoms with Crippen LogP contribution in [-0.2, 0) is 4.79 Å². The number of thioether (sulfide) groups is 1. The molecule has 0 unspecified atom stereocenters. The number of aliphatic carboxylic acids is 1. The van der Waals surface area contributed by atoms with E-state index in [-0.39, 0.29) is 10.7 Å². The van der Waals surface area contributed by atoms with Crippen LogP contribution in [0.15, 0.2) is 45.9 Å². The quantitative estimate of drug-likeness (QED) is 0.457. The molecular weight excluding hydrogens is 200 g/mol. The van der Waals surface area contributed by atoms with Crippen LogP contribution in [0.3, 0.4) is 0 Å². The lowest BCUT2D eigenvalue weighted by Gasteiger charge is -2.01. The maximum atomic E-state index is 10.5. The first kappa shape index (κ1) is 10.7. The molecule has 0 aromatic heterocycles. The van der Waals surface area contributed by atoms with Crippen LogP contribution in [0, 0.1) is 0 Å². The smallest absolute Gasteiger partial charge is 0.335 e. The lowest BCUT2D eigenvalue weighted by molar-refractivity contribution is -0.132. The van der Waals surface area contributed by atoms with Crippen LogP contribution in [0.2, 0.25) is 0 Å². The number of hydrogen-bond acceptors (Lipinski definition) is 3. The Morgan fingerprint density at radius 1 is 1.21 bits per heavy atom. The maximum Gasteiger partial charge on any atom is 0.335 e. The summed E-state index contributed by atoms with van der Waals surface area (Å²) in [6.45, 7) is 1.37. The Morgan fingerprint density at radius 2 is 1.79 bits per heavy atom. The topological polar surface area (TPSA) is 57.5 Å². The standard InChI is InChI=1S/C10H10O3S/c1-7(9(11)12)10(13)14-8-5-3-2-4-6-8/h2-6,13H,1H3,(H,11,12)/b10-7+. The molecule has 0 heterocycles. The summed E-state index contributed by atoms with van der Waals surface area (Å²) in [6.07, 6.45) is 0. The second kappa shape index (κ2) is 4.72. The van der Waals surface area contributed by atoms with Crippen molar-refractivity contribution in [2.45, 2.75) is 11.8 Å². The highest BCUT2D eigenvalue weighted by molar-refractivity contribution is 8.02. The monoisotopic (exact) mass is 210 g/mol. The van der Waals surface area contributed by atoms with Crippen molar-refractivity contribution in [3.8, 4) is 0 Å². The number of rotatable bonds is 3. The van der Waals surface area contributed by atoms with E-state index in [1.165, 1.54) is 6.92 Å². The van der Waals surface area contributed by atoms with Gasteiger partial charge in [-0.1, -0.05) is 30.0 Å². The molecule has 0 spiro atoms. The van der Waals surface area contributed by atoms with Gasteiger partial charge in [-0.05, 0) is 19.1 Å². The number of aliphatic hydroxyl groups excluding tert-OH is 1. The van der Waals surface area contributed by atoms with E-state index in [2.05, 4.69) is 0 Å². The minimum absolute atomic E-state index is 0.0427. The van der Waals surface area contributed by atoms with Gasteiger partial charge in [-0.25, -0.2) is 4.79 Å². The lowest BCUT2D eigenvalue weighted by Crippen LogP contribution is -1.98. The summed E-state index contributed by atoms with van der Waals surface area (Å²) in [6, 6.07) is 9.11. The zero-order valence-electron chi connectivity index (χ0n) is 7.60. The zero-order chi connectivity index (χ0) is 10.6. The van der Waals surface area contributed by atoms with Crippen LogP contribution in [0.4, 0.5) is 0 Å². The molecule has 0 aliphatic rings. The molecular formula is C10H10O3S. The van der Waals surface area contributed by atoms with Gasteiger partial charge in [0.05, 0.1) is 5.57 Å². The average Bonchev–Trinajstić information content (AvgIpc) is 2.18. The molecule has 0 atom stereocenters. The first-order valence-corrected chi connectivity index (χ1v) is 4.79. The molecule has 0 amide bonds. The van der Waals surface area contributed by atoms with Crippen molar-refractivity contribution in [3.63, 3.8) is 0 Å². The highest BCUT2D eigenvalue weighted by Crippen LogP contribution is 2.26. The van der Waals surface area contributed by atoms with Gasteiger partial charge in [0.25, 0.3) is 0 Å². The molecule has 0 saturated heterocycles. The summed E-state index contributed by atoms with van der Waals surface area (Å²) in [5, 5.41) is 17.8. The second-order valence-electron chi connectivity index (χ2n) is 2.65. The Kier molecular flexibility index (Phi) is 3.59. The van der Waals surface area contributed by atoms with Crippen molar-refractivity contribution in [2.75, 3.05) is 0 Å². The van der Waals surface area contributed by atoms with E-state index in [1.54, 1.807) is 12.1 Å². The normalized spacial score (nSPS) is 12.1. The van der Waals surface area contributed by atoms with E-state index < -0.39 is 5.97 Å². The number of carbonyl (C=O) groups is 1. The van der Waals surface area contributed by atoms with Crippen LogP contribution in [0.25, 0.3) is 0 Å². The summed E-state index contributed by atoms with van der Waals surface area (Å²) in [4.78, 5) is 11.3. The van der Waals surface area contributed by atoms with E-state index in [4.69, 9.17) is 5.11 Å². The van der Waals surface area contributed by atoms with Gasteiger partial charge in [0, 0.05) is 4.90 Å². The Hall–Kier alpha value is -1.42. The Labute approximate surface area is 86.1 Å². The van der Waals surface area contributed by atoms with Gasteiger partial charge in [-0.3, -0.25) is 0 Å². The Morgan fingerprint density at radius 3 is 2.29 bits per heavy atom. The molecule has 0 saturated carbocycles. The third kappa shape index (κ3) is 2.81. The van der Waals surface area contributed by atoms with E-state index in [1.807, 2.05) is 18.2 Å². The minimum Gasteiger partial charge on any atom is -0.501 e. The molecule has 1 rings (SSSR count). The molecule has 3 nitrogen and oxygen atoms in total. The van der Waals surface area contributed by atoms with Gasteiger partial charge in [-0.15, -0.1) is 0 Å². The molecule has 1 aromatic rings. The van der Waals surface area contributed by atoms with Crippen LogP contribution >= 0.6 is 11.8 Å². The van der Waals surface area contributed by atoms with Crippen LogP contribution in [-0.4, -0.2) is 16.2 Å². The summed E-state index contributed by atoms with van der Waals surface area (Å²) >= 11 is 1.03. The van der Waals surface area contributed by atoms with Crippen molar-refractivity contribution in [3.05, 3.63) is 41.0 Å². The molecule has 0 bridgehead atoms. The van der Waals surface area contributed by atoms with E-state index >= 15 is 0 Å². The molecule has 0 aliphatic carbocycles. The highest BCUT2D eigenvalue weighted by Gasteiger charge is 2.08. The van der Waals surface area contributed by atoms with Gasteiger partial charge >= 0.3 is 5.97 Å². The fraction of sp³-hybridized carbons (Fsp3) is 0.100. The van der Waals surface area contributed by atoms with Gasteiger partial charge < -0.3 is 10.2 Å². The van der Waals surface area contributed by atoms with E-state index in [0.717, 1.165) is 16.7 Å². The minimum atomic E-state index is -1.11. The van der Waals surface area contributed by atoms with Gasteiger partial charge in [-0.2, -0.15) is 0 Å². The van der Waals surface area contributed by atoms with Crippen molar-refractivity contribution in [2.24, 2.45) is 0 Å². The van der Waals surface area contributed by atoms with Gasteiger partial charge in [0.1, 0.15) is 0 Å². The SMILES string of the molecule is C/C(C(=O)O)=C(/O)Sc1ccccc1. The fourth-order valence-corrected chi connectivity index (χ4v) is 1.53. The summed E-state index contributed by atoms with van der Waals surface area (Å²) < 4.78 is 0. The second-order valence-corrected chi connectivity index (χ2v) is 3.71. The predicted molar refractivity (Wildman–Crippen MR) is 55.3 cm³/mol. The van der Waals surface area contributed by atoms with Crippen LogP contribution in [0.1, 0.15) is 6.92 Å². The molecule has 4 heteroatoms. The number of benzene rings is 1. The molecule has 0 aliphatic heterocycles. The van der Waals surface area contributed by atoms with Crippen molar-refractivity contribution >= 4 is 17.7 Å².